The van der Waals surface area contributed by atoms with E-state index < -0.39 is 90.3 Å². The van der Waals surface area contributed by atoms with Crippen LogP contribution in [0.2, 0.25) is 0 Å². The zero-order valence-electron chi connectivity index (χ0n) is 35.1. The minimum absolute atomic E-state index is 0.303. The van der Waals surface area contributed by atoms with Gasteiger partial charge in [-0.25, -0.2) is 9.59 Å². The Balaban J connectivity index is 0.000000224. The van der Waals surface area contributed by atoms with E-state index in [1.807, 2.05) is 13.8 Å². The van der Waals surface area contributed by atoms with E-state index in [4.69, 9.17) is 18.9 Å². The smallest absolute Gasteiger partial charge is 0.377 e. The van der Waals surface area contributed by atoms with Gasteiger partial charge >= 0.3 is 47.7 Å². The Hall–Kier alpha value is -3.46. The van der Waals surface area contributed by atoms with Crippen LogP contribution < -0.4 is 0 Å². The molecule has 0 aromatic carbocycles. The monoisotopic (exact) mass is 846 g/mol. The molecule has 0 N–H and O–H groups in total. The van der Waals surface area contributed by atoms with Crippen LogP contribution in [0, 0.1) is 46.8 Å². The van der Waals surface area contributed by atoms with E-state index in [1.165, 1.54) is 0 Å². The molecular formula is C43H62F4O12. The fourth-order valence-electron chi connectivity index (χ4n) is 10.8. The minimum Gasteiger partial charge on any atom is -0.462 e. The summed E-state index contributed by atoms with van der Waals surface area (Å²) < 4.78 is 86.5. The molecule has 8 fully saturated rings. The van der Waals surface area contributed by atoms with Gasteiger partial charge in [0.25, 0.3) is 0 Å². The SMILES string of the molecule is CCC(C)(C)C(=O)OCCOC(=O)C(F)(F)CC(=O)OC12CC3CC(CC(C3)C1)C2.CCC(C)C(=O)OCCOC(=O)C(F)(F)CC(=O)OC12CC3CC(CC(C3)C1)C2. The maximum Gasteiger partial charge on any atom is 0.377 e. The normalized spacial score (nSPS) is 30.7. The highest BCUT2D eigenvalue weighted by molar-refractivity contribution is 5.85. The molecule has 0 aliphatic heterocycles. The molecule has 1 unspecified atom stereocenters. The van der Waals surface area contributed by atoms with Crippen LogP contribution in [-0.4, -0.2) is 85.3 Å². The van der Waals surface area contributed by atoms with Gasteiger partial charge in [-0.3, -0.25) is 19.2 Å². The van der Waals surface area contributed by atoms with Crippen LogP contribution in [0.5, 0.6) is 0 Å². The molecule has 0 saturated heterocycles. The Morgan fingerprint density at radius 3 is 1.15 bits per heavy atom. The molecule has 8 aliphatic rings. The molecule has 0 aromatic heterocycles. The number of hydrogen-bond donors (Lipinski definition) is 0. The van der Waals surface area contributed by atoms with Crippen molar-refractivity contribution in [1.82, 2.24) is 0 Å². The second-order valence-electron chi connectivity index (χ2n) is 19.0. The number of halogens is 4. The average molecular weight is 847 g/mol. The Bertz CT molecular complexity index is 1490. The van der Waals surface area contributed by atoms with E-state index >= 15 is 0 Å². The van der Waals surface area contributed by atoms with Crippen LogP contribution in [0.1, 0.15) is 137 Å². The third kappa shape index (κ3) is 12.1. The lowest BCUT2D eigenvalue weighted by Crippen LogP contribution is -2.53. The molecule has 12 nitrogen and oxygen atoms in total. The molecule has 16 heteroatoms. The van der Waals surface area contributed by atoms with E-state index in [9.17, 15) is 46.3 Å². The summed E-state index contributed by atoms with van der Waals surface area (Å²) in [4.78, 5) is 71.2. The van der Waals surface area contributed by atoms with E-state index in [-0.39, 0.29) is 19.1 Å². The van der Waals surface area contributed by atoms with Crippen LogP contribution in [0.3, 0.4) is 0 Å². The summed E-state index contributed by atoms with van der Waals surface area (Å²) >= 11 is 0. The van der Waals surface area contributed by atoms with Gasteiger partial charge in [0.2, 0.25) is 0 Å². The fraction of sp³-hybridized carbons (Fsp3) is 0.860. The highest BCUT2D eigenvalue weighted by Crippen LogP contribution is 2.58. The van der Waals surface area contributed by atoms with Crippen molar-refractivity contribution in [3.05, 3.63) is 0 Å². The van der Waals surface area contributed by atoms with Crippen molar-refractivity contribution in [3.8, 4) is 0 Å². The first-order valence-corrected chi connectivity index (χ1v) is 21.4. The predicted molar refractivity (Wildman–Crippen MR) is 200 cm³/mol. The molecule has 0 amide bonds. The summed E-state index contributed by atoms with van der Waals surface area (Å²) in [5.74, 6) is -11.9. The van der Waals surface area contributed by atoms with Crippen molar-refractivity contribution in [2.75, 3.05) is 26.4 Å². The average Bonchev–Trinajstić information content (AvgIpc) is 3.12. The molecule has 59 heavy (non-hydrogen) atoms. The van der Waals surface area contributed by atoms with E-state index in [0.717, 1.165) is 77.0 Å². The molecule has 8 aliphatic carbocycles. The predicted octanol–water partition coefficient (Wildman–Crippen LogP) is 7.70. The number of ether oxygens (including phenoxy) is 6. The van der Waals surface area contributed by atoms with Crippen molar-refractivity contribution in [1.29, 1.82) is 0 Å². The van der Waals surface area contributed by atoms with Gasteiger partial charge in [-0.2, -0.15) is 17.6 Å². The second kappa shape index (κ2) is 18.7. The molecular weight excluding hydrogens is 784 g/mol. The first-order chi connectivity index (χ1) is 27.6. The molecule has 0 aromatic rings. The highest BCUT2D eigenvalue weighted by Gasteiger charge is 2.56. The molecule has 8 rings (SSSR count). The number of esters is 6. The summed E-state index contributed by atoms with van der Waals surface area (Å²) in [6.07, 6.45) is 9.72. The topological polar surface area (TPSA) is 158 Å². The second-order valence-corrected chi connectivity index (χ2v) is 19.0. The fourth-order valence-corrected chi connectivity index (χ4v) is 10.8. The largest absolute Gasteiger partial charge is 0.462 e. The first kappa shape index (κ1) is 46.6. The number of hydrogen-bond acceptors (Lipinski definition) is 12. The maximum atomic E-state index is 14.2. The van der Waals surface area contributed by atoms with Gasteiger partial charge in [-0.15, -0.1) is 0 Å². The summed E-state index contributed by atoms with van der Waals surface area (Å²) in [5.41, 5.74) is -1.96. The lowest BCUT2D eigenvalue weighted by molar-refractivity contribution is -0.199. The van der Waals surface area contributed by atoms with Crippen LogP contribution in [0.15, 0.2) is 0 Å². The van der Waals surface area contributed by atoms with Gasteiger partial charge in [0.1, 0.15) is 50.5 Å². The van der Waals surface area contributed by atoms with Crippen molar-refractivity contribution in [2.24, 2.45) is 46.8 Å². The zero-order chi connectivity index (χ0) is 43.4. The summed E-state index contributed by atoms with van der Waals surface area (Å²) in [6.45, 7) is 7.11. The van der Waals surface area contributed by atoms with Crippen molar-refractivity contribution in [2.45, 2.75) is 160 Å². The Morgan fingerprint density at radius 2 is 0.847 bits per heavy atom. The molecule has 8 bridgehead atoms. The summed E-state index contributed by atoms with van der Waals surface area (Å²) in [5, 5.41) is 0. The highest BCUT2D eigenvalue weighted by atomic mass is 19.3. The quantitative estimate of drug-likeness (QED) is 0.0574. The molecule has 1 atom stereocenters. The minimum atomic E-state index is -3.98. The van der Waals surface area contributed by atoms with Gasteiger partial charge in [-0.05, 0) is 139 Å². The first-order valence-electron chi connectivity index (χ1n) is 21.4. The van der Waals surface area contributed by atoms with Gasteiger partial charge < -0.3 is 28.4 Å². The lowest BCUT2D eigenvalue weighted by atomic mass is 9.54. The van der Waals surface area contributed by atoms with Crippen molar-refractivity contribution >= 4 is 35.8 Å². The van der Waals surface area contributed by atoms with Gasteiger partial charge in [0.15, 0.2) is 0 Å². The van der Waals surface area contributed by atoms with Crippen LogP contribution in [0.4, 0.5) is 17.6 Å². The number of carbonyl (C=O) groups is 6. The molecule has 0 heterocycles. The standard InChI is InChI=1S/C22H32F2O6.C21H30F2O6/c1-4-20(2,3)18(26)28-5-6-29-19(27)22(23,24)13-17(25)30-21-10-14-7-15(11-21)9-16(8-14)12-21;1-3-13(2)18(25)27-4-5-28-19(26)21(22,23)12-17(24)29-20-9-14-6-15(10-20)8-16(7-14)11-20/h14-16H,4-13H2,1-3H3;13-16H,3-12H2,1-2H3. The molecule has 0 spiro atoms. The van der Waals surface area contributed by atoms with Crippen LogP contribution in [0.25, 0.3) is 0 Å². The number of rotatable bonds is 18. The van der Waals surface area contributed by atoms with E-state index in [2.05, 4.69) is 9.47 Å². The third-order valence-corrected chi connectivity index (χ3v) is 13.5. The number of carbonyl (C=O) groups excluding carboxylic acids is 6. The Labute approximate surface area is 343 Å². The Morgan fingerprint density at radius 1 is 0.542 bits per heavy atom. The van der Waals surface area contributed by atoms with Gasteiger partial charge in [0, 0.05) is 0 Å². The van der Waals surface area contributed by atoms with Gasteiger partial charge in [0.05, 0.1) is 11.3 Å². The third-order valence-electron chi connectivity index (χ3n) is 13.5. The molecule has 8 saturated carbocycles. The van der Waals surface area contributed by atoms with E-state index in [1.54, 1.807) is 20.8 Å². The van der Waals surface area contributed by atoms with Crippen LogP contribution >= 0.6 is 0 Å². The summed E-state index contributed by atoms with van der Waals surface area (Å²) in [6, 6.07) is 0. The maximum absolute atomic E-state index is 14.2. The number of alkyl halides is 4. The summed E-state index contributed by atoms with van der Waals surface area (Å²) in [7, 11) is 0. The zero-order valence-corrected chi connectivity index (χ0v) is 35.1. The molecule has 0 radical (unpaired) electrons. The van der Waals surface area contributed by atoms with Gasteiger partial charge in [-0.1, -0.05) is 20.8 Å². The van der Waals surface area contributed by atoms with E-state index in [0.29, 0.717) is 48.3 Å². The Kier molecular flexibility index (Phi) is 14.7. The van der Waals surface area contributed by atoms with Crippen molar-refractivity contribution < 1.29 is 74.8 Å². The van der Waals surface area contributed by atoms with Crippen molar-refractivity contribution in [3.63, 3.8) is 0 Å². The van der Waals surface area contributed by atoms with Crippen LogP contribution in [-0.2, 0) is 57.2 Å². The molecule has 334 valence electrons. The lowest BCUT2D eigenvalue weighted by Gasteiger charge is -2.55.